The summed E-state index contributed by atoms with van der Waals surface area (Å²) in [4.78, 5) is 14.6. The number of aromatic nitrogens is 1. The Morgan fingerprint density at radius 2 is 2.31 bits per heavy atom. The molecule has 3 heteroatoms. The predicted molar refractivity (Wildman–Crippen MR) is 53.0 cm³/mol. The minimum atomic E-state index is -0.498. The number of rotatable bonds is 4. The van der Waals surface area contributed by atoms with Gasteiger partial charge in [0.05, 0.1) is 0 Å². The summed E-state index contributed by atoms with van der Waals surface area (Å²) in [5, 5.41) is -0.498. The number of unbranched alkanes of at least 4 members (excludes halogenated alkanes) is 1. The quantitative estimate of drug-likeness (QED) is 0.695. The fourth-order valence-electron chi connectivity index (χ4n) is 1.07. The van der Waals surface area contributed by atoms with Crippen molar-refractivity contribution in [1.29, 1.82) is 0 Å². The van der Waals surface area contributed by atoms with Crippen molar-refractivity contribution in [2.24, 2.45) is 0 Å². The van der Waals surface area contributed by atoms with Crippen LogP contribution in [0.4, 0.5) is 0 Å². The van der Waals surface area contributed by atoms with E-state index in [2.05, 4.69) is 11.9 Å². The molecule has 0 amide bonds. The average molecular weight is 198 g/mol. The first-order valence-corrected chi connectivity index (χ1v) is 4.76. The van der Waals surface area contributed by atoms with E-state index in [-0.39, 0.29) is 0 Å². The number of aryl methyl sites for hydroxylation is 1. The number of carbonyl (C=O) groups is 1. The molecule has 0 N–H and O–H groups in total. The van der Waals surface area contributed by atoms with Gasteiger partial charge < -0.3 is 0 Å². The molecule has 70 valence electrons. The zero-order chi connectivity index (χ0) is 9.68. The highest BCUT2D eigenvalue weighted by Crippen LogP contribution is 2.06. The van der Waals surface area contributed by atoms with Gasteiger partial charge in [-0.3, -0.25) is 9.78 Å². The van der Waals surface area contributed by atoms with Crippen molar-refractivity contribution < 1.29 is 4.79 Å². The molecule has 0 bridgehead atoms. The van der Waals surface area contributed by atoms with E-state index in [1.165, 1.54) is 0 Å². The summed E-state index contributed by atoms with van der Waals surface area (Å²) in [5.41, 5.74) is 1.48. The summed E-state index contributed by atoms with van der Waals surface area (Å²) in [6.45, 7) is 2.14. The average Bonchev–Trinajstić information content (AvgIpc) is 2.15. The fourth-order valence-corrected chi connectivity index (χ4v) is 1.18. The van der Waals surface area contributed by atoms with Gasteiger partial charge in [0.2, 0.25) is 0 Å². The van der Waals surface area contributed by atoms with Crippen LogP contribution in [-0.2, 0) is 6.42 Å². The zero-order valence-corrected chi connectivity index (χ0v) is 8.34. The van der Waals surface area contributed by atoms with Crippen molar-refractivity contribution in [2.75, 3.05) is 0 Å². The number of hydrogen-bond donors (Lipinski definition) is 0. The highest BCUT2D eigenvalue weighted by Gasteiger charge is 2.01. The summed E-state index contributed by atoms with van der Waals surface area (Å²) in [7, 11) is 0. The second kappa shape index (κ2) is 4.97. The summed E-state index contributed by atoms with van der Waals surface area (Å²) in [5.74, 6) is 0. The van der Waals surface area contributed by atoms with Crippen LogP contribution in [-0.4, -0.2) is 10.2 Å². The summed E-state index contributed by atoms with van der Waals surface area (Å²) < 4.78 is 0. The first-order valence-electron chi connectivity index (χ1n) is 4.38. The summed E-state index contributed by atoms with van der Waals surface area (Å²) in [6.07, 6.45) is 5.04. The third-order valence-electron chi connectivity index (χ3n) is 1.85. The van der Waals surface area contributed by atoms with E-state index in [1.54, 1.807) is 12.3 Å². The predicted octanol–water partition coefficient (Wildman–Crippen LogP) is 2.80. The number of pyridine rings is 1. The normalized spacial score (nSPS) is 10.0. The number of nitrogens with zero attached hydrogens (tertiary/aromatic N) is 1. The minimum Gasteiger partial charge on any atom is -0.274 e. The second-order valence-corrected chi connectivity index (χ2v) is 3.27. The summed E-state index contributed by atoms with van der Waals surface area (Å²) in [6, 6.07) is 3.57. The number of halogens is 1. The highest BCUT2D eigenvalue weighted by molar-refractivity contribution is 6.67. The van der Waals surface area contributed by atoms with E-state index in [4.69, 9.17) is 11.6 Å². The Balaban J connectivity index is 2.64. The molecule has 0 radical (unpaired) electrons. The van der Waals surface area contributed by atoms with Gasteiger partial charge in [-0.1, -0.05) is 19.4 Å². The van der Waals surface area contributed by atoms with Crippen molar-refractivity contribution >= 4 is 16.8 Å². The molecule has 1 aromatic rings. The van der Waals surface area contributed by atoms with Gasteiger partial charge >= 0.3 is 0 Å². The maximum absolute atomic E-state index is 10.7. The summed E-state index contributed by atoms with van der Waals surface area (Å²) >= 11 is 5.26. The molecule has 0 aliphatic carbocycles. The van der Waals surface area contributed by atoms with E-state index < -0.39 is 5.24 Å². The lowest BCUT2D eigenvalue weighted by Gasteiger charge is -1.98. The van der Waals surface area contributed by atoms with Gasteiger partial charge in [-0.2, -0.15) is 0 Å². The number of hydrogen-bond acceptors (Lipinski definition) is 2. The molecule has 0 unspecified atom stereocenters. The molecule has 0 fully saturated rings. The highest BCUT2D eigenvalue weighted by atomic mass is 35.5. The number of carbonyl (C=O) groups excluding carboxylic acids is 1. The van der Waals surface area contributed by atoms with Gasteiger partial charge in [-0.15, -0.1) is 0 Å². The molecule has 0 saturated carbocycles. The van der Waals surface area contributed by atoms with Crippen LogP contribution in [0.1, 0.15) is 35.8 Å². The van der Waals surface area contributed by atoms with Crippen LogP contribution in [0.25, 0.3) is 0 Å². The van der Waals surface area contributed by atoms with E-state index in [1.807, 2.05) is 6.07 Å². The third kappa shape index (κ3) is 3.15. The second-order valence-electron chi connectivity index (χ2n) is 2.93. The van der Waals surface area contributed by atoms with Gasteiger partial charge in [-0.25, -0.2) is 0 Å². The molecule has 1 aromatic heterocycles. The zero-order valence-electron chi connectivity index (χ0n) is 7.59. The maximum atomic E-state index is 10.7. The molecule has 0 aliphatic rings. The molecule has 1 rings (SSSR count). The van der Waals surface area contributed by atoms with Crippen molar-refractivity contribution in [3.8, 4) is 0 Å². The molecular formula is C10H12ClNO. The van der Waals surface area contributed by atoms with E-state index in [0.717, 1.165) is 24.8 Å². The topological polar surface area (TPSA) is 30.0 Å². The van der Waals surface area contributed by atoms with Crippen LogP contribution >= 0.6 is 11.6 Å². The molecule has 0 aromatic carbocycles. The lowest BCUT2D eigenvalue weighted by molar-refractivity contribution is 0.107. The van der Waals surface area contributed by atoms with Crippen LogP contribution in [0.3, 0.4) is 0 Å². The largest absolute Gasteiger partial charge is 0.274 e. The molecule has 0 spiro atoms. The molecular weight excluding hydrogens is 186 g/mol. The SMILES string of the molecule is CCCCc1ccc(C(=O)Cl)nc1. The van der Waals surface area contributed by atoms with Gasteiger partial charge in [0.25, 0.3) is 5.24 Å². The van der Waals surface area contributed by atoms with E-state index in [0.29, 0.717) is 5.69 Å². The smallest absolute Gasteiger partial charge is 0.270 e. The van der Waals surface area contributed by atoms with Gasteiger partial charge in [0, 0.05) is 6.20 Å². The van der Waals surface area contributed by atoms with Crippen molar-refractivity contribution in [3.63, 3.8) is 0 Å². The molecule has 0 saturated heterocycles. The van der Waals surface area contributed by atoms with Crippen LogP contribution in [0, 0.1) is 0 Å². The molecule has 13 heavy (non-hydrogen) atoms. The minimum absolute atomic E-state index is 0.321. The van der Waals surface area contributed by atoms with Crippen molar-refractivity contribution in [3.05, 3.63) is 29.6 Å². The van der Waals surface area contributed by atoms with Crippen molar-refractivity contribution in [1.82, 2.24) is 4.98 Å². The molecule has 2 nitrogen and oxygen atoms in total. The standard InChI is InChI=1S/C10H12ClNO/c1-2-3-4-8-5-6-9(10(11)13)12-7-8/h5-7H,2-4H2,1H3. The Labute approximate surface area is 82.9 Å². The lowest BCUT2D eigenvalue weighted by atomic mass is 10.1. The first kappa shape index (κ1) is 10.2. The van der Waals surface area contributed by atoms with Crippen molar-refractivity contribution in [2.45, 2.75) is 26.2 Å². The van der Waals surface area contributed by atoms with Crippen LogP contribution < -0.4 is 0 Å². The monoisotopic (exact) mass is 197 g/mol. The van der Waals surface area contributed by atoms with Crippen LogP contribution in [0.5, 0.6) is 0 Å². The third-order valence-corrected chi connectivity index (χ3v) is 2.04. The Hall–Kier alpha value is -0.890. The first-order chi connectivity index (χ1) is 6.24. The lowest BCUT2D eigenvalue weighted by Crippen LogP contribution is -1.94. The Morgan fingerprint density at radius 1 is 1.54 bits per heavy atom. The van der Waals surface area contributed by atoms with Crippen LogP contribution in [0.2, 0.25) is 0 Å². The fraction of sp³-hybridized carbons (Fsp3) is 0.400. The Kier molecular flexibility index (Phi) is 3.90. The van der Waals surface area contributed by atoms with Gasteiger partial charge in [0.15, 0.2) is 0 Å². The van der Waals surface area contributed by atoms with Gasteiger partial charge in [-0.05, 0) is 36.1 Å². The van der Waals surface area contributed by atoms with Crippen LogP contribution in [0.15, 0.2) is 18.3 Å². The molecule has 0 atom stereocenters. The molecule has 0 aliphatic heterocycles. The maximum Gasteiger partial charge on any atom is 0.270 e. The Morgan fingerprint density at radius 3 is 2.77 bits per heavy atom. The van der Waals surface area contributed by atoms with E-state index in [9.17, 15) is 4.79 Å². The Bertz CT molecular complexity index is 281. The van der Waals surface area contributed by atoms with Gasteiger partial charge in [0.1, 0.15) is 5.69 Å². The molecule has 1 heterocycles. The van der Waals surface area contributed by atoms with E-state index >= 15 is 0 Å².